The van der Waals surface area contributed by atoms with E-state index >= 15 is 0 Å². The molecule has 0 radical (unpaired) electrons. The summed E-state index contributed by atoms with van der Waals surface area (Å²) < 4.78 is 0. The summed E-state index contributed by atoms with van der Waals surface area (Å²) in [6.07, 6.45) is 8.36. The lowest BCUT2D eigenvalue weighted by atomic mass is 9.49. The Hall–Kier alpha value is -1.32. The zero-order valence-corrected chi connectivity index (χ0v) is 13.0. The maximum Gasteiger partial charge on any atom is 0.255 e. The summed E-state index contributed by atoms with van der Waals surface area (Å²) in [5.41, 5.74) is 2.81. The molecule has 1 aromatic heterocycles. The molecule has 0 unspecified atom stereocenters. The summed E-state index contributed by atoms with van der Waals surface area (Å²) in [5, 5.41) is 10.3. The number of hydrogen-bond donors (Lipinski definition) is 2. The molecular formula is C17H25N3O. The Balaban J connectivity index is 1.46. The lowest BCUT2D eigenvalue weighted by molar-refractivity contribution is -0.0503. The van der Waals surface area contributed by atoms with Gasteiger partial charge in [0, 0.05) is 12.2 Å². The number of amides is 1. The normalized spacial score (nSPS) is 37.0. The molecule has 2 N–H and O–H groups in total. The predicted octanol–water partition coefficient (Wildman–Crippen LogP) is 2.97. The van der Waals surface area contributed by atoms with E-state index in [9.17, 15) is 4.79 Å². The van der Waals surface area contributed by atoms with Gasteiger partial charge in [0.25, 0.3) is 5.91 Å². The number of aromatic nitrogens is 2. The number of H-pyrrole nitrogens is 1. The molecular weight excluding hydrogens is 262 g/mol. The van der Waals surface area contributed by atoms with Gasteiger partial charge in [0.15, 0.2) is 0 Å². The van der Waals surface area contributed by atoms with Crippen LogP contribution in [-0.4, -0.2) is 22.6 Å². The van der Waals surface area contributed by atoms with Gasteiger partial charge in [0.05, 0.1) is 11.3 Å². The highest BCUT2D eigenvalue weighted by Crippen LogP contribution is 2.59. The fourth-order valence-corrected chi connectivity index (χ4v) is 5.75. The highest BCUT2D eigenvalue weighted by Gasteiger charge is 2.50. The number of nitrogens with zero attached hydrogens (tertiary/aromatic N) is 1. The van der Waals surface area contributed by atoms with Crippen molar-refractivity contribution in [2.75, 3.05) is 6.54 Å². The van der Waals surface area contributed by atoms with Crippen molar-refractivity contribution in [1.29, 1.82) is 0 Å². The van der Waals surface area contributed by atoms with Crippen molar-refractivity contribution in [3.8, 4) is 0 Å². The van der Waals surface area contributed by atoms with E-state index in [2.05, 4.69) is 15.5 Å². The summed E-state index contributed by atoms with van der Waals surface area (Å²) >= 11 is 0. The molecule has 4 saturated carbocycles. The molecule has 0 spiro atoms. The number of rotatable bonds is 3. The molecule has 4 nitrogen and oxygen atoms in total. The molecule has 4 bridgehead atoms. The number of carbonyl (C=O) groups excluding carboxylic acids is 1. The third-order valence-corrected chi connectivity index (χ3v) is 6.14. The molecule has 114 valence electrons. The Labute approximate surface area is 126 Å². The number of aryl methyl sites for hydroxylation is 2. The Morgan fingerprint density at radius 3 is 2.24 bits per heavy atom. The Bertz CT molecular complexity index is 520. The first kappa shape index (κ1) is 13.4. The minimum atomic E-state index is 0.0505. The van der Waals surface area contributed by atoms with E-state index in [1.807, 2.05) is 13.8 Å². The van der Waals surface area contributed by atoms with E-state index in [4.69, 9.17) is 0 Å². The van der Waals surface area contributed by atoms with Crippen LogP contribution in [0.2, 0.25) is 0 Å². The van der Waals surface area contributed by atoms with Crippen LogP contribution in [0.1, 0.15) is 60.3 Å². The van der Waals surface area contributed by atoms with E-state index in [0.29, 0.717) is 5.41 Å². The first-order valence-electron chi connectivity index (χ1n) is 8.34. The molecule has 0 saturated heterocycles. The Morgan fingerprint density at radius 1 is 1.19 bits per heavy atom. The van der Waals surface area contributed by atoms with Crippen molar-refractivity contribution in [2.24, 2.45) is 23.2 Å². The highest BCUT2D eigenvalue weighted by molar-refractivity contribution is 5.96. The van der Waals surface area contributed by atoms with Crippen LogP contribution in [0.15, 0.2) is 0 Å². The van der Waals surface area contributed by atoms with Crippen LogP contribution in [0.5, 0.6) is 0 Å². The third kappa shape index (κ3) is 2.19. The fraction of sp³-hybridized carbons (Fsp3) is 0.765. The highest BCUT2D eigenvalue weighted by atomic mass is 16.1. The van der Waals surface area contributed by atoms with Gasteiger partial charge in [0.2, 0.25) is 0 Å². The molecule has 4 heteroatoms. The van der Waals surface area contributed by atoms with Gasteiger partial charge in [-0.1, -0.05) is 0 Å². The third-order valence-electron chi connectivity index (χ3n) is 6.14. The molecule has 0 aliphatic heterocycles. The van der Waals surface area contributed by atoms with Crippen molar-refractivity contribution in [2.45, 2.75) is 52.4 Å². The van der Waals surface area contributed by atoms with Crippen molar-refractivity contribution in [1.82, 2.24) is 15.5 Å². The van der Waals surface area contributed by atoms with Crippen LogP contribution >= 0.6 is 0 Å². The van der Waals surface area contributed by atoms with Crippen LogP contribution in [-0.2, 0) is 0 Å². The van der Waals surface area contributed by atoms with Gasteiger partial charge in [-0.15, -0.1) is 0 Å². The van der Waals surface area contributed by atoms with Crippen LogP contribution in [0.4, 0.5) is 0 Å². The molecule has 1 heterocycles. The first-order chi connectivity index (χ1) is 10.0. The minimum absolute atomic E-state index is 0.0505. The van der Waals surface area contributed by atoms with Crippen molar-refractivity contribution in [3.63, 3.8) is 0 Å². The van der Waals surface area contributed by atoms with Crippen LogP contribution < -0.4 is 5.32 Å². The van der Waals surface area contributed by atoms with E-state index in [1.54, 1.807) is 0 Å². The van der Waals surface area contributed by atoms with Gasteiger partial charge >= 0.3 is 0 Å². The Kier molecular flexibility index (Phi) is 2.92. The zero-order chi connectivity index (χ0) is 14.6. The SMILES string of the molecule is Cc1n[nH]c(C)c1C(=O)NCC12CC3CC(CC(C3)C1)C2. The molecule has 4 aliphatic rings. The van der Waals surface area contributed by atoms with E-state index < -0.39 is 0 Å². The van der Waals surface area contributed by atoms with Crippen LogP contribution in [0, 0.1) is 37.0 Å². The topological polar surface area (TPSA) is 57.8 Å². The van der Waals surface area contributed by atoms with Gasteiger partial charge < -0.3 is 5.32 Å². The molecule has 1 aromatic rings. The number of carbonyl (C=O) groups is 1. The number of nitrogens with one attached hydrogen (secondary N) is 2. The summed E-state index contributed by atoms with van der Waals surface area (Å²) in [5.74, 6) is 2.86. The largest absolute Gasteiger partial charge is 0.351 e. The molecule has 4 aliphatic carbocycles. The predicted molar refractivity (Wildman–Crippen MR) is 81.0 cm³/mol. The molecule has 1 amide bonds. The standard InChI is InChI=1S/C17H25N3O/c1-10-15(11(2)20-19-10)16(21)18-9-17-6-12-3-13(7-17)5-14(4-12)8-17/h12-14H,3-9H2,1-2H3,(H,18,21)(H,19,20). The second-order valence-electron chi connectivity index (χ2n) is 7.91. The quantitative estimate of drug-likeness (QED) is 0.898. The number of hydrogen-bond acceptors (Lipinski definition) is 2. The van der Waals surface area contributed by atoms with Gasteiger partial charge in [-0.05, 0) is 75.5 Å². The lowest BCUT2D eigenvalue weighted by Crippen LogP contribution is -2.51. The second kappa shape index (κ2) is 4.59. The van der Waals surface area contributed by atoms with E-state index in [0.717, 1.165) is 41.2 Å². The smallest absolute Gasteiger partial charge is 0.255 e. The first-order valence-corrected chi connectivity index (χ1v) is 8.34. The van der Waals surface area contributed by atoms with Crippen LogP contribution in [0.3, 0.4) is 0 Å². The molecule has 4 fully saturated rings. The summed E-state index contributed by atoms with van der Waals surface area (Å²) in [7, 11) is 0. The van der Waals surface area contributed by atoms with Gasteiger partial charge in [0.1, 0.15) is 0 Å². The minimum Gasteiger partial charge on any atom is -0.351 e. The molecule has 0 aromatic carbocycles. The molecule has 21 heavy (non-hydrogen) atoms. The summed E-state index contributed by atoms with van der Waals surface area (Å²) in [6, 6.07) is 0. The van der Waals surface area contributed by atoms with Gasteiger partial charge in [-0.3, -0.25) is 9.89 Å². The molecule has 0 atom stereocenters. The lowest BCUT2D eigenvalue weighted by Gasteiger charge is -2.56. The zero-order valence-electron chi connectivity index (χ0n) is 13.0. The maximum atomic E-state index is 12.5. The fourth-order valence-electron chi connectivity index (χ4n) is 5.75. The monoisotopic (exact) mass is 287 g/mol. The molecule has 5 rings (SSSR count). The average Bonchev–Trinajstić information content (AvgIpc) is 2.74. The maximum absolute atomic E-state index is 12.5. The summed E-state index contributed by atoms with van der Waals surface area (Å²) in [6.45, 7) is 4.67. The van der Waals surface area contributed by atoms with Crippen molar-refractivity contribution in [3.05, 3.63) is 17.0 Å². The van der Waals surface area contributed by atoms with Crippen molar-refractivity contribution >= 4 is 5.91 Å². The van der Waals surface area contributed by atoms with Crippen LogP contribution in [0.25, 0.3) is 0 Å². The second-order valence-corrected chi connectivity index (χ2v) is 7.91. The van der Waals surface area contributed by atoms with E-state index in [-0.39, 0.29) is 5.91 Å². The summed E-state index contributed by atoms with van der Waals surface area (Å²) in [4.78, 5) is 12.5. The average molecular weight is 287 g/mol. The van der Waals surface area contributed by atoms with Gasteiger partial charge in [-0.2, -0.15) is 5.10 Å². The van der Waals surface area contributed by atoms with Gasteiger partial charge in [-0.25, -0.2) is 0 Å². The Morgan fingerprint density at radius 2 is 1.76 bits per heavy atom. The van der Waals surface area contributed by atoms with Crippen molar-refractivity contribution < 1.29 is 4.79 Å². The number of aromatic amines is 1. The van der Waals surface area contributed by atoms with E-state index in [1.165, 1.54) is 38.5 Å².